The molecule has 3 N–H and O–H groups in total. The molecule has 0 aliphatic carbocycles. The van der Waals surface area contributed by atoms with Gasteiger partial charge in [0.1, 0.15) is 11.4 Å². The number of H-pyrrole nitrogens is 1. The summed E-state index contributed by atoms with van der Waals surface area (Å²) in [5, 5.41) is 7.02. The maximum absolute atomic E-state index is 12.6. The zero-order chi connectivity index (χ0) is 21.2. The monoisotopic (exact) mass is 413 g/mol. The van der Waals surface area contributed by atoms with E-state index in [0.717, 1.165) is 47.5 Å². The number of aromatic amines is 1. The van der Waals surface area contributed by atoms with Crippen LogP contribution in [0.15, 0.2) is 67.0 Å². The number of nitrogens with zero attached hydrogens (tertiary/aromatic N) is 2. The van der Waals surface area contributed by atoms with Crippen LogP contribution >= 0.6 is 0 Å². The Labute approximate surface area is 180 Å². The molecule has 0 spiro atoms. The van der Waals surface area contributed by atoms with E-state index in [0.29, 0.717) is 11.4 Å². The number of urea groups is 1. The van der Waals surface area contributed by atoms with Crippen molar-refractivity contribution in [1.82, 2.24) is 9.97 Å². The number of hydrogen-bond acceptors (Lipinski definition) is 4. The van der Waals surface area contributed by atoms with Crippen LogP contribution in [0.4, 0.5) is 21.9 Å². The van der Waals surface area contributed by atoms with Crippen molar-refractivity contribution >= 4 is 34.1 Å². The Balaban J connectivity index is 1.33. The van der Waals surface area contributed by atoms with Crippen molar-refractivity contribution in [2.75, 3.05) is 29.2 Å². The van der Waals surface area contributed by atoms with Crippen LogP contribution in [0.3, 0.4) is 0 Å². The number of hydrogen-bond donors (Lipinski definition) is 3. The molecule has 0 saturated carbocycles. The van der Waals surface area contributed by atoms with Gasteiger partial charge >= 0.3 is 6.03 Å². The number of rotatable bonds is 5. The topological polar surface area (TPSA) is 82.3 Å². The van der Waals surface area contributed by atoms with Crippen LogP contribution in [0.2, 0.25) is 0 Å². The second-order valence-corrected chi connectivity index (χ2v) is 7.50. The van der Waals surface area contributed by atoms with Crippen molar-refractivity contribution in [1.29, 1.82) is 0 Å². The number of carbonyl (C=O) groups is 1. The standard InChI is InChI=1S/C24H23N5O2/c1-31-18-5-2-4-17(14-18)27-24(30)28-21-6-3-7-22-20(21)10-13-29(22)15-16-8-11-25-23-19(16)9-12-26-23/h2-9,11-12,14H,10,13,15H2,1H3,(H,25,26)(H2,27,28,30). The molecule has 0 radical (unpaired) electrons. The molecule has 31 heavy (non-hydrogen) atoms. The third-order valence-electron chi connectivity index (χ3n) is 5.61. The minimum Gasteiger partial charge on any atom is -0.497 e. The number of fused-ring (bicyclic) bond motifs is 2. The first-order valence-corrected chi connectivity index (χ1v) is 10.2. The maximum atomic E-state index is 12.6. The zero-order valence-corrected chi connectivity index (χ0v) is 17.2. The lowest BCUT2D eigenvalue weighted by atomic mass is 10.1. The summed E-state index contributed by atoms with van der Waals surface area (Å²) in [7, 11) is 1.60. The van der Waals surface area contributed by atoms with Crippen LogP contribution < -0.4 is 20.3 Å². The van der Waals surface area contributed by atoms with Crippen LogP contribution in [-0.4, -0.2) is 29.7 Å². The van der Waals surface area contributed by atoms with Crippen molar-refractivity contribution < 1.29 is 9.53 Å². The first-order valence-electron chi connectivity index (χ1n) is 10.2. The molecular formula is C24H23N5O2. The quantitative estimate of drug-likeness (QED) is 0.440. The number of anilines is 3. The van der Waals surface area contributed by atoms with Gasteiger partial charge in [-0.2, -0.15) is 0 Å². The number of ether oxygens (including phenoxy) is 1. The highest BCUT2D eigenvalue weighted by Gasteiger charge is 2.23. The molecule has 0 unspecified atom stereocenters. The number of methoxy groups -OCH3 is 1. The van der Waals surface area contributed by atoms with E-state index in [-0.39, 0.29) is 6.03 Å². The molecule has 2 aromatic heterocycles. The lowest BCUT2D eigenvalue weighted by molar-refractivity contribution is 0.262. The second kappa shape index (κ2) is 8.02. The fourth-order valence-electron chi connectivity index (χ4n) is 4.13. The average Bonchev–Trinajstić information content (AvgIpc) is 3.42. The van der Waals surface area contributed by atoms with E-state index in [1.54, 1.807) is 13.2 Å². The highest BCUT2D eigenvalue weighted by atomic mass is 16.5. The molecule has 0 fully saturated rings. The molecule has 4 aromatic rings. The number of benzene rings is 2. The summed E-state index contributed by atoms with van der Waals surface area (Å²) in [6.45, 7) is 1.70. The van der Waals surface area contributed by atoms with E-state index in [1.807, 2.05) is 42.7 Å². The molecule has 2 aromatic carbocycles. The van der Waals surface area contributed by atoms with E-state index in [9.17, 15) is 4.79 Å². The predicted octanol–water partition coefficient (Wildman–Crippen LogP) is 4.78. The summed E-state index contributed by atoms with van der Waals surface area (Å²) in [6, 6.07) is 17.2. The van der Waals surface area contributed by atoms with Crippen LogP contribution in [0, 0.1) is 0 Å². The fraction of sp³-hybridized carbons (Fsp3) is 0.167. The fourth-order valence-corrected chi connectivity index (χ4v) is 4.13. The minimum absolute atomic E-state index is 0.275. The zero-order valence-electron chi connectivity index (χ0n) is 17.2. The number of aromatic nitrogens is 2. The Morgan fingerprint density at radius 2 is 2.06 bits per heavy atom. The van der Waals surface area contributed by atoms with E-state index in [1.165, 1.54) is 5.56 Å². The smallest absolute Gasteiger partial charge is 0.323 e. The van der Waals surface area contributed by atoms with Gasteiger partial charge in [-0.15, -0.1) is 0 Å². The van der Waals surface area contributed by atoms with Gasteiger partial charge in [0.25, 0.3) is 0 Å². The largest absolute Gasteiger partial charge is 0.497 e. The highest BCUT2D eigenvalue weighted by molar-refractivity contribution is 6.01. The van der Waals surface area contributed by atoms with Gasteiger partial charge in [0, 0.05) is 59.6 Å². The average molecular weight is 413 g/mol. The van der Waals surface area contributed by atoms with E-state index >= 15 is 0 Å². The van der Waals surface area contributed by atoms with Gasteiger partial charge in [-0.05, 0) is 48.4 Å². The van der Waals surface area contributed by atoms with Crippen LogP contribution in [0.1, 0.15) is 11.1 Å². The van der Waals surface area contributed by atoms with Gasteiger partial charge < -0.3 is 25.3 Å². The molecule has 0 bridgehead atoms. The Bertz CT molecular complexity index is 1250. The minimum atomic E-state index is -0.275. The lowest BCUT2D eigenvalue weighted by Crippen LogP contribution is -2.20. The third-order valence-corrected chi connectivity index (χ3v) is 5.61. The summed E-state index contributed by atoms with van der Waals surface area (Å²) in [4.78, 5) is 22.5. The summed E-state index contributed by atoms with van der Waals surface area (Å²) < 4.78 is 5.21. The summed E-state index contributed by atoms with van der Waals surface area (Å²) >= 11 is 0. The van der Waals surface area contributed by atoms with Crippen LogP contribution in [-0.2, 0) is 13.0 Å². The molecule has 3 heterocycles. The molecular weight excluding hydrogens is 390 g/mol. The number of nitrogens with one attached hydrogen (secondary N) is 3. The molecule has 5 rings (SSSR count). The van der Waals surface area contributed by atoms with Gasteiger partial charge in [-0.25, -0.2) is 9.78 Å². The van der Waals surface area contributed by atoms with Gasteiger partial charge in [-0.3, -0.25) is 0 Å². The van der Waals surface area contributed by atoms with Gasteiger partial charge in [0.05, 0.1) is 7.11 Å². The van der Waals surface area contributed by atoms with Crippen molar-refractivity contribution in [3.05, 3.63) is 78.1 Å². The Morgan fingerprint density at radius 3 is 2.97 bits per heavy atom. The van der Waals surface area contributed by atoms with Crippen molar-refractivity contribution in [3.8, 4) is 5.75 Å². The van der Waals surface area contributed by atoms with Gasteiger partial charge in [-0.1, -0.05) is 12.1 Å². The Hall–Kier alpha value is -4.00. The summed E-state index contributed by atoms with van der Waals surface area (Å²) in [6.07, 6.45) is 4.64. The first-order chi connectivity index (χ1) is 15.2. The summed E-state index contributed by atoms with van der Waals surface area (Å²) in [5.74, 6) is 0.696. The van der Waals surface area contributed by atoms with Gasteiger partial charge in [0.2, 0.25) is 0 Å². The number of carbonyl (C=O) groups excluding carboxylic acids is 1. The second-order valence-electron chi connectivity index (χ2n) is 7.50. The molecule has 1 aliphatic heterocycles. The lowest BCUT2D eigenvalue weighted by Gasteiger charge is -2.20. The molecule has 1 aliphatic rings. The molecule has 0 atom stereocenters. The van der Waals surface area contributed by atoms with Crippen LogP contribution in [0.25, 0.3) is 11.0 Å². The van der Waals surface area contributed by atoms with Crippen molar-refractivity contribution in [2.45, 2.75) is 13.0 Å². The summed E-state index contributed by atoms with van der Waals surface area (Å²) in [5.41, 5.74) is 5.96. The predicted molar refractivity (Wildman–Crippen MR) is 123 cm³/mol. The SMILES string of the molecule is COc1cccc(NC(=O)Nc2cccc3c2CCN3Cc2ccnc3[nH]ccc23)c1. The van der Waals surface area contributed by atoms with Gasteiger partial charge in [0.15, 0.2) is 0 Å². The Morgan fingerprint density at radius 1 is 1.16 bits per heavy atom. The highest BCUT2D eigenvalue weighted by Crippen LogP contribution is 2.35. The van der Waals surface area contributed by atoms with E-state index < -0.39 is 0 Å². The molecule has 7 heteroatoms. The number of amides is 2. The van der Waals surface area contributed by atoms with Crippen molar-refractivity contribution in [2.24, 2.45) is 0 Å². The third kappa shape index (κ3) is 3.77. The molecule has 156 valence electrons. The van der Waals surface area contributed by atoms with E-state index in [4.69, 9.17) is 4.74 Å². The normalized spacial score (nSPS) is 12.6. The Kier molecular flexibility index (Phi) is 4.92. The number of pyridine rings is 1. The first kappa shape index (κ1) is 19.0. The van der Waals surface area contributed by atoms with E-state index in [2.05, 4.69) is 43.7 Å². The van der Waals surface area contributed by atoms with Crippen molar-refractivity contribution in [3.63, 3.8) is 0 Å². The maximum Gasteiger partial charge on any atom is 0.323 e. The molecule has 7 nitrogen and oxygen atoms in total. The van der Waals surface area contributed by atoms with Crippen LogP contribution in [0.5, 0.6) is 5.75 Å². The molecule has 2 amide bonds. The molecule has 0 saturated heterocycles.